The first kappa shape index (κ1) is 32.8. The molecule has 10 aromatic rings. The van der Waals surface area contributed by atoms with Crippen LogP contribution in [-0.2, 0) is 0 Å². The summed E-state index contributed by atoms with van der Waals surface area (Å²) in [5, 5.41) is 16.8. The van der Waals surface area contributed by atoms with Crippen LogP contribution in [0.5, 0.6) is 0 Å². The van der Waals surface area contributed by atoms with Gasteiger partial charge in [0.1, 0.15) is 0 Å². The molecule has 0 saturated carbocycles. The average molecular weight is 709 g/mol. The molecule has 10 rings (SSSR count). The van der Waals surface area contributed by atoms with Crippen LogP contribution in [0, 0.1) is 17.9 Å². The molecule has 0 N–H and O–H groups in total. The first-order valence-corrected chi connectivity index (χ1v) is 18.8. The van der Waals surface area contributed by atoms with E-state index in [1.54, 1.807) is 0 Å². The zero-order chi connectivity index (χ0) is 37.6. The summed E-state index contributed by atoms with van der Waals surface area (Å²) in [6.45, 7) is 7.59. The topological polar surface area (TPSA) is 28.1 Å². The molecular weight excluding hydrogens is 677 g/mol. The highest BCUT2D eigenvalue weighted by molar-refractivity contribution is 6.32. The molecule has 0 aliphatic carbocycles. The van der Waals surface area contributed by atoms with E-state index >= 15 is 0 Å². The number of nitriles is 1. The molecule has 0 spiro atoms. The van der Waals surface area contributed by atoms with Gasteiger partial charge in [-0.15, -0.1) is 0 Å². The summed E-state index contributed by atoms with van der Waals surface area (Å²) in [6.07, 6.45) is 0. The monoisotopic (exact) mass is 708 g/mol. The summed E-state index contributed by atoms with van der Waals surface area (Å²) in [4.78, 5) is 3.68. The van der Waals surface area contributed by atoms with Crippen molar-refractivity contribution in [3.05, 3.63) is 211 Å². The third kappa shape index (κ3) is 5.57. The van der Waals surface area contributed by atoms with Gasteiger partial charge in [0, 0.05) is 0 Å². The van der Waals surface area contributed by atoms with Crippen LogP contribution in [0.3, 0.4) is 0 Å². The average Bonchev–Trinajstić information content (AvgIpc) is 3.28. The minimum absolute atomic E-state index is 0.623. The van der Waals surface area contributed by atoms with Crippen LogP contribution in [-0.4, -0.2) is 0 Å². The summed E-state index contributed by atoms with van der Waals surface area (Å²) in [7, 11) is 0. The van der Waals surface area contributed by atoms with Gasteiger partial charge >= 0.3 is 0 Å². The molecule has 0 heterocycles. The fraction of sp³-hybridized carbons (Fsp3) is 0. The summed E-state index contributed by atoms with van der Waals surface area (Å²) < 4.78 is 0. The van der Waals surface area contributed by atoms with Gasteiger partial charge in [-0.05, 0) is 123 Å². The van der Waals surface area contributed by atoms with Crippen LogP contribution in [0.15, 0.2) is 194 Å². The first-order valence-electron chi connectivity index (χ1n) is 18.8. The molecule has 0 fully saturated rings. The summed E-state index contributed by atoms with van der Waals surface area (Å²) in [5.74, 6) is 0. The van der Waals surface area contributed by atoms with E-state index in [-0.39, 0.29) is 0 Å². The third-order valence-corrected chi connectivity index (χ3v) is 11.1. The minimum atomic E-state index is 0.623. The zero-order valence-electron chi connectivity index (χ0n) is 30.4. The van der Waals surface area contributed by atoms with Crippen molar-refractivity contribution in [3.63, 3.8) is 0 Å². The van der Waals surface area contributed by atoms with E-state index in [4.69, 9.17) is 6.57 Å². The Balaban J connectivity index is 1.27. The van der Waals surface area contributed by atoms with Crippen LogP contribution in [0.4, 0.5) is 5.69 Å². The van der Waals surface area contributed by atoms with Crippen molar-refractivity contribution in [2.45, 2.75) is 0 Å². The molecule has 0 aliphatic rings. The molecule has 0 unspecified atom stereocenters. The van der Waals surface area contributed by atoms with E-state index in [0.29, 0.717) is 11.3 Å². The SMILES string of the molecule is [C-]#[N+]c1ccc(-c2cc(-c3ccc(-c4ccccc4)cc3)c3ccc4c(-c5ccc(C#N)cc5)cc(-c5ccc(-c6ccccc6)cc5)c5ccc2c3c45)cc1. The smallest absolute Gasteiger partial charge is 0.187 e. The van der Waals surface area contributed by atoms with Crippen LogP contribution >= 0.6 is 0 Å². The van der Waals surface area contributed by atoms with Crippen molar-refractivity contribution < 1.29 is 0 Å². The second-order valence-corrected chi connectivity index (χ2v) is 14.2. The molecule has 0 atom stereocenters. The number of hydrogen-bond acceptors (Lipinski definition) is 1. The number of benzene rings is 10. The molecule has 56 heavy (non-hydrogen) atoms. The molecule has 258 valence electrons. The highest BCUT2D eigenvalue weighted by atomic mass is 14.6. The Bertz CT molecular complexity index is 2910. The van der Waals surface area contributed by atoms with Gasteiger partial charge in [0.05, 0.1) is 18.2 Å². The van der Waals surface area contributed by atoms with E-state index in [0.717, 1.165) is 44.5 Å². The van der Waals surface area contributed by atoms with Crippen molar-refractivity contribution in [1.82, 2.24) is 0 Å². The Hall–Kier alpha value is -7.78. The summed E-state index contributed by atoms with van der Waals surface area (Å²) >= 11 is 0. The molecule has 0 saturated heterocycles. The van der Waals surface area contributed by atoms with Gasteiger partial charge < -0.3 is 0 Å². The second kappa shape index (κ2) is 13.6. The van der Waals surface area contributed by atoms with Gasteiger partial charge in [-0.3, -0.25) is 0 Å². The Morgan fingerprint density at radius 2 is 0.643 bits per heavy atom. The van der Waals surface area contributed by atoms with Gasteiger partial charge in [0.15, 0.2) is 5.69 Å². The number of nitrogens with zero attached hydrogens (tertiary/aromatic N) is 2. The normalized spacial score (nSPS) is 11.2. The Morgan fingerprint density at radius 3 is 0.982 bits per heavy atom. The quantitative estimate of drug-likeness (QED) is 0.125. The maximum Gasteiger partial charge on any atom is 0.187 e. The Labute approximate surface area is 326 Å². The van der Waals surface area contributed by atoms with E-state index in [9.17, 15) is 5.26 Å². The molecule has 0 amide bonds. The third-order valence-electron chi connectivity index (χ3n) is 11.1. The lowest BCUT2D eigenvalue weighted by molar-refractivity contribution is 1.48. The van der Waals surface area contributed by atoms with Crippen molar-refractivity contribution in [2.75, 3.05) is 0 Å². The van der Waals surface area contributed by atoms with Gasteiger partial charge in [0.2, 0.25) is 0 Å². The van der Waals surface area contributed by atoms with E-state index in [1.165, 1.54) is 54.6 Å². The fourth-order valence-corrected chi connectivity index (χ4v) is 8.33. The lowest BCUT2D eigenvalue weighted by Gasteiger charge is -2.22. The van der Waals surface area contributed by atoms with Gasteiger partial charge in [0.25, 0.3) is 0 Å². The predicted molar refractivity (Wildman–Crippen MR) is 234 cm³/mol. The van der Waals surface area contributed by atoms with Gasteiger partial charge in [-0.2, -0.15) is 5.26 Å². The molecule has 10 aromatic carbocycles. The largest absolute Gasteiger partial charge is 0.238 e. The molecule has 0 radical (unpaired) electrons. The van der Waals surface area contributed by atoms with Crippen molar-refractivity contribution in [3.8, 4) is 72.8 Å². The van der Waals surface area contributed by atoms with Crippen LogP contribution in [0.1, 0.15) is 5.56 Å². The molecule has 2 nitrogen and oxygen atoms in total. The maximum atomic E-state index is 9.63. The van der Waals surface area contributed by atoms with Crippen LogP contribution in [0.2, 0.25) is 0 Å². The Morgan fingerprint density at radius 1 is 0.339 bits per heavy atom. The standard InChI is InChI=1S/C54H32N2/c1-56-44-26-24-43(25-27-44)52-33-51(42-22-18-39(19-23-42)37-10-6-3-7-11-37)47-29-28-45-49(40-14-12-35(34-55)13-15-40)32-50(46-30-31-48(52)54(47)53(45)46)41-20-16-38(17-21-41)36-8-4-2-5-9-36/h2-33H. The molecular formula is C54H32N2. The predicted octanol–water partition coefficient (Wildman–Crippen LogP) is 15.0. The van der Waals surface area contributed by atoms with Crippen molar-refractivity contribution in [1.29, 1.82) is 5.26 Å². The lowest BCUT2D eigenvalue weighted by Crippen LogP contribution is -1.94. The van der Waals surface area contributed by atoms with Gasteiger partial charge in [-0.1, -0.05) is 170 Å². The second-order valence-electron chi connectivity index (χ2n) is 14.2. The molecule has 0 aromatic heterocycles. The maximum absolute atomic E-state index is 9.63. The van der Waals surface area contributed by atoms with E-state index in [1.807, 2.05) is 36.4 Å². The summed E-state index contributed by atoms with van der Waals surface area (Å²) in [5.41, 5.74) is 15.0. The van der Waals surface area contributed by atoms with Gasteiger partial charge in [-0.25, -0.2) is 4.85 Å². The number of rotatable bonds is 6. The first-order chi connectivity index (χ1) is 27.7. The summed E-state index contributed by atoms with van der Waals surface area (Å²) in [6, 6.07) is 70.8. The lowest BCUT2D eigenvalue weighted by atomic mass is 9.81. The van der Waals surface area contributed by atoms with Crippen molar-refractivity contribution >= 4 is 38.0 Å². The van der Waals surface area contributed by atoms with E-state index < -0.39 is 0 Å². The van der Waals surface area contributed by atoms with Crippen LogP contribution < -0.4 is 0 Å². The minimum Gasteiger partial charge on any atom is -0.238 e. The fourth-order valence-electron chi connectivity index (χ4n) is 8.33. The zero-order valence-corrected chi connectivity index (χ0v) is 30.4. The van der Waals surface area contributed by atoms with Crippen LogP contribution in [0.25, 0.3) is 104 Å². The van der Waals surface area contributed by atoms with Crippen molar-refractivity contribution in [2.24, 2.45) is 0 Å². The number of hydrogen-bond donors (Lipinski definition) is 0. The van der Waals surface area contributed by atoms with E-state index in [2.05, 4.69) is 169 Å². The Kier molecular flexibility index (Phi) is 7.96. The molecule has 0 aliphatic heterocycles. The highest BCUT2D eigenvalue weighted by Gasteiger charge is 2.21. The highest BCUT2D eigenvalue weighted by Crippen LogP contribution is 2.49. The molecule has 2 heteroatoms. The molecule has 0 bridgehead atoms.